The summed E-state index contributed by atoms with van der Waals surface area (Å²) in [7, 11) is -3.11. The summed E-state index contributed by atoms with van der Waals surface area (Å²) >= 11 is 0. The molecule has 0 aromatic rings. The minimum atomic E-state index is -3.11. The van der Waals surface area contributed by atoms with E-state index in [4.69, 9.17) is 5.73 Å². The van der Waals surface area contributed by atoms with Gasteiger partial charge in [0.1, 0.15) is 0 Å². The van der Waals surface area contributed by atoms with Crippen LogP contribution in [0.5, 0.6) is 0 Å². The molecule has 1 unspecified atom stereocenters. The molecule has 0 aromatic heterocycles. The van der Waals surface area contributed by atoms with Crippen LogP contribution in [0.4, 0.5) is 0 Å². The summed E-state index contributed by atoms with van der Waals surface area (Å²) in [5.41, 5.74) is 5.36. The smallest absolute Gasteiger partial charge is 0.211 e. The number of hydrogen-bond donors (Lipinski definition) is 2. The predicted molar refractivity (Wildman–Crippen MR) is 73.4 cm³/mol. The summed E-state index contributed by atoms with van der Waals surface area (Å²) in [6, 6.07) is 0.114. The van der Waals surface area contributed by atoms with E-state index >= 15 is 0 Å². The zero-order valence-electron chi connectivity index (χ0n) is 11.2. The van der Waals surface area contributed by atoms with Gasteiger partial charge in [0.15, 0.2) is 0 Å². The molecule has 0 radical (unpaired) electrons. The van der Waals surface area contributed by atoms with Gasteiger partial charge >= 0.3 is 0 Å². The molecule has 0 saturated carbocycles. The van der Waals surface area contributed by atoms with E-state index in [9.17, 15) is 8.42 Å². The van der Waals surface area contributed by atoms with Gasteiger partial charge in [-0.3, -0.25) is 0 Å². The molecule has 104 valence electrons. The second-order valence-electron chi connectivity index (χ2n) is 4.56. The Labute approximate surface area is 106 Å². The Balaban J connectivity index is 4.11. The van der Waals surface area contributed by atoms with E-state index in [1.165, 1.54) is 0 Å². The molecule has 0 fully saturated rings. The maximum Gasteiger partial charge on any atom is 0.211 e. The largest absolute Gasteiger partial charge is 0.330 e. The minimum absolute atomic E-state index is 0.114. The third kappa shape index (κ3) is 9.56. The molecule has 0 aromatic carbocycles. The summed E-state index contributed by atoms with van der Waals surface area (Å²) in [6.07, 6.45) is 6.49. The number of unbranched alkanes of at least 4 members (excludes halogenated alkanes) is 2. The molecule has 0 aliphatic rings. The van der Waals surface area contributed by atoms with Crippen LogP contribution in [0.2, 0.25) is 0 Å². The van der Waals surface area contributed by atoms with E-state index in [0.29, 0.717) is 13.0 Å². The number of nitrogens with two attached hydrogens (primary N) is 1. The van der Waals surface area contributed by atoms with Gasteiger partial charge in [-0.05, 0) is 32.2 Å². The molecule has 17 heavy (non-hydrogen) atoms. The zero-order valence-corrected chi connectivity index (χ0v) is 12.1. The van der Waals surface area contributed by atoms with Crippen LogP contribution in [0.25, 0.3) is 0 Å². The number of sulfonamides is 1. The van der Waals surface area contributed by atoms with Crippen molar-refractivity contribution in [3.63, 3.8) is 0 Å². The average Bonchev–Trinajstić information content (AvgIpc) is 2.26. The lowest BCUT2D eigenvalue weighted by Gasteiger charge is -2.17. The van der Waals surface area contributed by atoms with Crippen LogP contribution in [0.3, 0.4) is 0 Å². The van der Waals surface area contributed by atoms with E-state index in [1.807, 2.05) is 0 Å². The molecule has 0 saturated heterocycles. The van der Waals surface area contributed by atoms with Crippen molar-refractivity contribution in [2.24, 2.45) is 5.73 Å². The first-order chi connectivity index (χ1) is 8.05. The summed E-state index contributed by atoms with van der Waals surface area (Å²) < 4.78 is 26.4. The topological polar surface area (TPSA) is 72.2 Å². The number of hydrogen-bond acceptors (Lipinski definition) is 3. The van der Waals surface area contributed by atoms with Gasteiger partial charge < -0.3 is 5.73 Å². The molecule has 0 rings (SSSR count). The van der Waals surface area contributed by atoms with Gasteiger partial charge in [0, 0.05) is 6.04 Å². The summed E-state index contributed by atoms with van der Waals surface area (Å²) in [6.45, 7) is 4.77. The van der Waals surface area contributed by atoms with Gasteiger partial charge in [-0.15, -0.1) is 0 Å². The number of rotatable bonds is 11. The molecule has 3 N–H and O–H groups in total. The van der Waals surface area contributed by atoms with Gasteiger partial charge in [-0.25, -0.2) is 13.1 Å². The van der Waals surface area contributed by atoms with E-state index in [1.54, 1.807) is 0 Å². The number of nitrogens with one attached hydrogen (secondary N) is 1. The van der Waals surface area contributed by atoms with Crippen LogP contribution in [0.15, 0.2) is 0 Å². The van der Waals surface area contributed by atoms with Crippen molar-refractivity contribution in [2.75, 3.05) is 12.3 Å². The monoisotopic (exact) mass is 264 g/mol. The van der Waals surface area contributed by atoms with Crippen molar-refractivity contribution < 1.29 is 8.42 Å². The maximum absolute atomic E-state index is 11.8. The van der Waals surface area contributed by atoms with Crippen LogP contribution in [-0.4, -0.2) is 26.8 Å². The quantitative estimate of drug-likeness (QED) is 0.561. The highest BCUT2D eigenvalue weighted by molar-refractivity contribution is 7.89. The van der Waals surface area contributed by atoms with Crippen LogP contribution >= 0.6 is 0 Å². The first-order valence-corrected chi connectivity index (χ1v) is 8.41. The third-order valence-electron chi connectivity index (χ3n) is 2.76. The van der Waals surface area contributed by atoms with Crippen molar-refractivity contribution in [3.05, 3.63) is 0 Å². The SMILES string of the molecule is CCCCC(CCC)NS(=O)(=O)CCCCN. The van der Waals surface area contributed by atoms with Crippen LogP contribution in [0, 0.1) is 0 Å². The first-order valence-electron chi connectivity index (χ1n) is 6.75. The normalized spacial score (nSPS) is 13.8. The molecule has 0 spiro atoms. The highest BCUT2D eigenvalue weighted by atomic mass is 32.2. The Morgan fingerprint density at radius 3 is 2.29 bits per heavy atom. The molecular formula is C12H28N2O2S. The van der Waals surface area contributed by atoms with Gasteiger partial charge in [-0.1, -0.05) is 33.1 Å². The fraction of sp³-hybridized carbons (Fsp3) is 1.00. The summed E-state index contributed by atoms with van der Waals surface area (Å²) in [4.78, 5) is 0. The van der Waals surface area contributed by atoms with Gasteiger partial charge in [-0.2, -0.15) is 0 Å². The average molecular weight is 264 g/mol. The fourth-order valence-electron chi connectivity index (χ4n) is 1.81. The fourth-order valence-corrected chi connectivity index (χ4v) is 3.26. The zero-order chi connectivity index (χ0) is 13.1. The molecular weight excluding hydrogens is 236 g/mol. The lowest BCUT2D eigenvalue weighted by Crippen LogP contribution is -2.36. The Morgan fingerprint density at radius 1 is 1.06 bits per heavy atom. The Bertz CT molecular complexity index is 266. The van der Waals surface area contributed by atoms with Crippen molar-refractivity contribution >= 4 is 10.0 Å². The van der Waals surface area contributed by atoms with Crippen LogP contribution in [0.1, 0.15) is 58.8 Å². The minimum Gasteiger partial charge on any atom is -0.330 e. The van der Waals surface area contributed by atoms with E-state index < -0.39 is 10.0 Å². The van der Waals surface area contributed by atoms with E-state index in [0.717, 1.165) is 38.5 Å². The van der Waals surface area contributed by atoms with Gasteiger partial charge in [0.05, 0.1) is 5.75 Å². The predicted octanol–water partition coefficient (Wildman–Crippen LogP) is 2.00. The Kier molecular flexibility index (Phi) is 9.78. The molecule has 0 bridgehead atoms. The Hall–Kier alpha value is -0.130. The van der Waals surface area contributed by atoms with Crippen molar-refractivity contribution in [2.45, 2.75) is 64.8 Å². The highest BCUT2D eigenvalue weighted by Gasteiger charge is 2.16. The van der Waals surface area contributed by atoms with Gasteiger partial charge in [0.2, 0.25) is 10.0 Å². The summed E-state index contributed by atoms with van der Waals surface area (Å²) in [5.74, 6) is 0.205. The van der Waals surface area contributed by atoms with E-state index in [2.05, 4.69) is 18.6 Å². The molecule has 0 amide bonds. The molecule has 4 nitrogen and oxygen atoms in total. The second-order valence-corrected chi connectivity index (χ2v) is 6.43. The van der Waals surface area contributed by atoms with Crippen molar-refractivity contribution in [3.8, 4) is 0 Å². The highest BCUT2D eigenvalue weighted by Crippen LogP contribution is 2.08. The van der Waals surface area contributed by atoms with Crippen molar-refractivity contribution in [1.82, 2.24) is 4.72 Å². The molecule has 5 heteroatoms. The van der Waals surface area contributed by atoms with Crippen molar-refractivity contribution in [1.29, 1.82) is 0 Å². The van der Waals surface area contributed by atoms with Gasteiger partial charge in [0.25, 0.3) is 0 Å². The maximum atomic E-state index is 11.8. The lowest BCUT2D eigenvalue weighted by atomic mass is 10.1. The van der Waals surface area contributed by atoms with Crippen LogP contribution in [-0.2, 0) is 10.0 Å². The summed E-state index contributed by atoms with van der Waals surface area (Å²) in [5, 5.41) is 0. The molecule has 0 aliphatic carbocycles. The molecule has 1 atom stereocenters. The standard InChI is InChI=1S/C12H28N2O2S/c1-3-5-9-12(8-4-2)14-17(15,16)11-7-6-10-13/h12,14H,3-11,13H2,1-2H3. The van der Waals surface area contributed by atoms with E-state index in [-0.39, 0.29) is 11.8 Å². The first kappa shape index (κ1) is 16.9. The Morgan fingerprint density at radius 2 is 1.76 bits per heavy atom. The molecule has 0 aliphatic heterocycles. The second kappa shape index (κ2) is 9.85. The lowest BCUT2D eigenvalue weighted by molar-refractivity contribution is 0.482. The van der Waals surface area contributed by atoms with Crippen LogP contribution < -0.4 is 10.5 Å². The molecule has 0 heterocycles. The third-order valence-corrected chi connectivity index (χ3v) is 4.28.